The molecule has 1 amide bonds. The number of halogens is 6. The number of ether oxygens (including phenoxy) is 3. The van der Waals surface area contributed by atoms with E-state index in [1.807, 2.05) is 12.1 Å². The Labute approximate surface area is 255 Å². The van der Waals surface area contributed by atoms with Crippen LogP contribution >= 0.6 is 0 Å². The van der Waals surface area contributed by atoms with Crippen LogP contribution in [0.4, 0.5) is 36.8 Å². The van der Waals surface area contributed by atoms with Crippen molar-refractivity contribution >= 4 is 11.8 Å². The van der Waals surface area contributed by atoms with Crippen molar-refractivity contribution in [2.24, 2.45) is 5.92 Å². The fourth-order valence-electron chi connectivity index (χ4n) is 5.26. The normalized spacial score (nSPS) is 15.5. The van der Waals surface area contributed by atoms with E-state index in [-0.39, 0.29) is 11.1 Å². The molecule has 1 unspecified atom stereocenters. The number of amides is 1. The summed E-state index contributed by atoms with van der Waals surface area (Å²) < 4.78 is 89.1. The van der Waals surface area contributed by atoms with Crippen LogP contribution in [0.5, 0.6) is 11.5 Å². The molecule has 1 heterocycles. The molecular weight excluding hydrogens is 606 g/mol. The number of rotatable bonds is 9. The number of benzene rings is 3. The summed E-state index contributed by atoms with van der Waals surface area (Å²) in [4.78, 5) is 14.0. The number of aliphatic hydroxyl groups is 1. The molecule has 45 heavy (non-hydrogen) atoms. The van der Waals surface area contributed by atoms with Crippen LogP contribution in [0, 0.1) is 18.3 Å². The van der Waals surface area contributed by atoms with Gasteiger partial charge in [-0.2, -0.15) is 0 Å². The first-order chi connectivity index (χ1) is 21.1. The molecule has 1 aliphatic heterocycles. The maximum absolute atomic E-state index is 12.7. The van der Waals surface area contributed by atoms with Crippen molar-refractivity contribution in [2.45, 2.75) is 50.7 Å². The second-order valence-electron chi connectivity index (χ2n) is 10.5. The highest BCUT2D eigenvalue weighted by atomic mass is 19.4. The van der Waals surface area contributed by atoms with E-state index < -0.39 is 47.9 Å². The molecule has 7 nitrogen and oxygen atoms in total. The molecule has 13 heteroatoms. The van der Waals surface area contributed by atoms with Gasteiger partial charge in [0.1, 0.15) is 17.1 Å². The lowest BCUT2D eigenvalue weighted by molar-refractivity contribution is -0.275. The van der Waals surface area contributed by atoms with Gasteiger partial charge in [0, 0.05) is 12.2 Å². The van der Waals surface area contributed by atoms with Gasteiger partial charge in [-0.3, -0.25) is 10.2 Å². The zero-order valence-electron chi connectivity index (χ0n) is 24.0. The number of terminal acetylenes is 1. The molecule has 1 saturated heterocycles. The first kappa shape index (κ1) is 33.5. The molecule has 1 atom stereocenters. The lowest BCUT2D eigenvalue weighted by Gasteiger charge is -2.42. The third kappa shape index (κ3) is 9.29. The van der Waals surface area contributed by atoms with Crippen molar-refractivity contribution in [2.75, 3.05) is 18.4 Å². The summed E-state index contributed by atoms with van der Waals surface area (Å²) in [6, 6.07) is 16.7. The fraction of sp³-hybridized carbons (Fsp3) is 0.344. The van der Waals surface area contributed by atoms with Crippen molar-refractivity contribution < 1.29 is 50.5 Å². The molecule has 4 rings (SSSR count). The Morgan fingerprint density at radius 3 is 1.78 bits per heavy atom. The lowest BCUT2D eigenvalue weighted by Crippen LogP contribution is -2.44. The number of hydrogen-bond donors (Lipinski definition) is 2. The average Bonchev–Trinajstić information content (AvgIpc) is 2.97. The SMILES string of the molecule is C#CC(C)OC(=O)Nc1ccc(CN2CCC(C(O)(c3ccc(OC(F)(F)F)cc3)c3ccc(OC(F)(F)F)cc3)CC2)cc1. The quantitative estimate of drug-likeness (QED) is 0.191. The second kappa shape index (κ2) is 13.7. The summed E-state index contributed by atoms with van der Waals surface area (Å²) >= 11 is 0. The molecule has 0 aromatic heterocycles. The summed E-state index contributed by atoms with van der Waals surface area (Å²) in [6.45, 7) is 3.23. The van der Waals surface area contributed by atoms with Crippen LogP contribution in [-0.4, -0.2) is 48.0 Å². The minimum Gasteiger partial charge on any atom is -0.433 e. The van der Waals surface area contributed by atoms with Crippen molar-refractivity contribution in [3.8, 4) is 23.8 Å². The van der Waals surface area contributed by atoms with Gasteiger partial charge in [-0.15, -0.1) is 32.8 Å². The molecule has 3 aromatic carbocycles. The summed E-state index contributed by atoms with van der Waals surface area (Å²) in [5.41, 5.74) is 0.268. The molecule has 0 saturated carbocycles. The van der Waals surface area contributed by atoms with E-state index in [0.29, 0.717) is 38.2 Å². The number of piperidine rings is 1. The number of carbonyl (C=O) groups is 1. The van der Waals surface area contributed by atoms with Crippen LogP contribution in [0.1, 0.15) is 36.5 Å². The van der Waals surface area contributed by atoms with Crippen molar-refractivity contribution in [3.63, 3.8) is 0 Å². The summed E-state index contributed by atoms with van der Waals surface area (Å²) in [7, 11) is 0. The largest absolute Gasteiger partial charge is 0.573 e. The molecule has 240 valence electrons. The van der Waals surface area contributed by atoms with Crippen LogP contribution < -0.4 is 14.8 Å². The summed E-state index contributed by atoms with van der Waals surface area (Å²) in [5.74, 6) is 0.918. The van der Waals surface area contributed by atoms with E-state index in [1.165, 1.54) is 24.3 Å². The number of hydrogen-bond acceptors (Lipinski definition) is 6. The van der Waals surface area contributed by atoms with E-state index in [9.17, 15) is 36.2 Å². The van der Waals surface area contributed by atoms with E-state index in [2.05, 4.69) is 25.6 Å². The fourth-order valence-corrected chi connectivity index (χ4v) is 5.26. The van der Waals surface area contributed by atoms with Gasteiger partial charge in [-0.25, -0.2) is 4.79 Å². The van der Waals surface area contributed by atoms with Crippen molar-refractivity contribution in [3.05, 3.63) is 89.5 Å². The highest BCUT2D eigenvalue weighted by Crippen LogP contribution is 2.43. The number of likely N-dealkylation sites (tertiary alicyclic amines) is 1. The van der Waals surface area contributed by atoms with Crippen LogP contribution in [0.25, 0.3) is 0 Å². The smallest absolute Gasteiger partial charge is 0.433 e. The summed E-state index contributed by atoms with van der Waals surface area (Å²) in [5, 5.41) is 14.8. The van der Waals surface area contributed by atoms with Crippen LogP contribution in [-0.2, 0) is 16.9 Å². The molecule has 0 spiro atoms. The lowest BCUT2D eigenvalue weighted by atomic mass is 9.72. The van der Waals surface area contributed by atoms with Crippen molar-refractivity contribution in [1.82, 2.24) is 4.90 Å². The van der Waals surface area contributed by atoms with Gasteiger partial charge >= 0.3 is 18.8 Å². The van der Waals surface area contributed by atoms with E-state index >= 15 is 0 Å². The summed E-state index contributed by atoms with van der Waals surface area (Å²) in [6.07, 6.45) is -5.00. The van der Waals surface area contributed by atoms with Crippen LogP contribution in [0.2, 0.25) is 0 Å². The first-order valence-corrected chi connectivity index (χ1v) is 13.8. The topological polar surface area (TPSA) is 80.3 Å². The molecule has 2 N–H and O–H groups in total. The highest BCUT2D eigenvalue weighted by molar-refractivity contribution is 5.84. The third-order valence-corrected chi connectivity index (χ3v) is 7.36. The molecule has 0 bridgehead atoms. The number of alkyl halides is 6. The highest BCUT2D eigenvalue weighted by Gasteiger charge is 2.42. The minimum absolute atomic E-state index is 0.262. The van der Waals surface area contributed by atoms with Gasteiger partial charge in [0.05, 0.1) is 0 Å². The monoisotopic (exact) mass is 636 g/mol. The van der Waals surface area contributed by atoms with Gasteiger partial charge in [-0.05, 0) is 91.9 Å². The Bertz CT molecular complexity index is 1400. The maximum atomic E-state index is 12.7. The Morgan fingerprint density at radius 1 is 0.889 bits per heavy atom. The van der Waals surface area contributed by atoms with Gasteiger partial charge in [0.25, 0.3) is 0 Å². The Kier molecular flexibility index (Phi) is 10.2. The molecule has 0 radical (unpaired) electrons. The number of anilines is 1. The van der Waals surface area contributed by atoms with Gasteiger partial charge < -0.3 is 19.3 Å². The zero-order valence-corrected chi connectivity index (χ0v) is 24.0. The van der Waals surface area contributed by atoms with E-state index in [0.717, 1.165) is 29.8 Å². The number of carbonyl (C=O) groups excluding carboxylic acids is 1. The predicted octanol–water partition coefficient (Wildman–Crippen LogP) is 7.20. The standard InChI is InChI=1S/C32H30F6N2O5/c1-3-21(2)43-29(41)39-26-10-4-22(5-11-26)20-40-18-16-25(17-19-40)30(42,23-6-12-27(13-7-23)44-31(33,34)35)24-8-14-28(15-9-24)45-32(36,37)38/h1,4-15,21,25,42H,16-20H2,2H3,(H,39,41). The Balaban J connectivity index is 1.47. The van der Waals surface area contributed by atoms with Crippen molar-refractivity contribution in [1.29, 1.82) is 0 Å². The zero-order chi connectivity index (χ0) is 32.8. The number of nitrogens with one attached hydrogen (secondary N) is 1. The predicted molar refractivity (Wildman–Crippen MR) is 152 cm³/mol. The first-order valence-electron chi connectivity index (χ1n) is 13.8. The van der Waals surface area contributed by atoms with E-state index in [1.54, 1.807) is 19.1 Å². The number of nitrogens with zero attached hydrogens (tertiary/aromatic N) is 1. The molecular formula is C32H30F6N2O5. The van der Waals surface area contributed by atoms with Gasteiger partial charge in [-0.1, -0.05) is 42.3 Å². The second-order valence-corrected chi connectivity index (χ2v) is 10.5. The van der Waals surface area contributed by atoms with Gasteiger partial charge in [0.15, 0.2) is 6.10 Å². The molecule has 0 aliphatic carbocycles. The molecule has 1 aliphatic rings. The Hall–Kier alpha value is -4.41. The van der Waals surface area contributed by atoms with Crippen LogP contribution in [0.15, 0.2) is 72.8 Å². The van der Waals surface area contributed by atoms with Gasteiger partial charge in [0.2, 0.25) is 0 Å². The Morgan fingerprint density at radius 2 is 1.36 bits per heavy atom. The average molecular weight is 637 g/mol. The molecule has 3 aromatic rings. The van der Waals surface area contributed by atoms with Crippen LogP contribution in [0.3, 0.4) is 0 Å². The maximum Gasteiger partial charge on any atom is 0.573 e. The molecule has 1 fully saturated rings. The third-order valence-electron chi connectivity index (χ3n) is 7.36. The minimum atomic E-state index is -4.90. The van der Waals surface area contributed by atoms with E-state index in [4.69, 9.17) is 11.2 Å².